The summed E-state index contributed by atoms with van der Waals surface area (Å²) in [5.74, 6) is -1.65. The zero-order chi connectivity index (χ0) is 50.8. The number of hydrogen-bond acceptors (Lipinski definition) is 17. The van der Waals surface area contributed by atoms with Gasteiger partial charge in [-0.05, 0) is 81.6 Å². The Hall–Kier alpha value is -6.87. The Kier molecular flexibility index (Phi) is 20.7. The number of thioether (sulfide) groups is 1. The molecule has 0 saturated heterocycles. The molecule has 2 aromatic carbocycles. The van der Waals surface area contributed by atoms with Crippen LogP contribution in [0.15, 0.2) is 64.2 Å². The van der Waals surface area contributed by atoms with Crippen molar-refractivity contribution >= 4 is 59.0 Å². The van der Waals surface area contributed by atoms with Crippen LogP contribution in [0, 0.1) is 34.5 Å². The summed E-state index contributed by atoms with van der Waals surface area (Å²) in [5, 5.41) is 32.1. The summed E-state index contributed by atoms with van der Waals surface area (Å²) in [6, 6.07) is 16.2. The maximum Gasteiger partial charge on any atom is 0.408 e. The lowest BCUT2D eigenvalue weighted by Crippen LogP contribution is -2.51. The fourth-order valence-corrected chi connectivity index (χ4v) is 7.49. The van der Waals surface area contributed by atoms with E-state index in [0.29, 0.717) is 27.9 Å². The summed E-state index contributed by atoms with van der Waals surface area (Å²) in [4.78, 5) is 72.6. The Labute approximate surface area is 410 Å². The van der Waals surface area contributed by atoms with Gasteiger partial charge in [0.25, 0.3) is 0 Å². The van der Waals surface area contributed by atoms with Gasteiger partial charge in [-0.3, -0.25) is 19.2 Å². The third-order valence-corrected chi connectivity index (χ3v) is 11.1. The maximum absolute atomic E-state index is 13.0. The number of nitrogen functional groups attached to an aromatic ring is 1. The van der Waals surface area contributed by atoms with Crippen LogP contribution in [-0.4, -0.2) is 97.0 Å². The van der Waals surface area contributed by atoms with E-state index in [2.05, 4.69) is 43.4 Å². The van der Waals surface area contributed by atoms with Crippen LogP contribution < -0.4 is 31.7 Å². The number of anilines is 1. The van der Waals surface area contributed by atoms with Crippen LogP contribution in [0.2, 0.25) is 5.02 Å². The molecule has 4 aromatic rings. The van der Waals surface area contributed by atoms with E-state index in [1.807, 2.05) is 13.8 Å². The van der Waals surface area contributed by atoms with Crippen molar-refractivity contribution in [3.8, 4) is 40.5 Å². The van der Waals surface area contributed by atoms with Crippen molar-refractivity contribution in [3.05, 3.63) is 76.6 Å². The number of halogens is 1. The maximum atomic E-state index is 13.0. The van der Waals surface area contributed by atoms with E-state index in [-0.39, 0.29) is 83.6 Å². The van der Waals surface area contributed by atoms with Gasteiger partial charge in [0.05, 0.1) is 30.1 Å². The minimum atomic E-state index is -1.11. The number of rotatable bonds is 23. The average molecular weight is 989 g/mol. The number of benzene rings is 2. The Balaban J connectivity index is 1.44. The fraction of sp³-hybridized carbons (Fsp3) is 0.438. The average Bonchev–Trinajstić information content (AvgIpc) is 3.77. The number of aromatic nitrogens is 2. The van der Waals surface area contributed by atoms with Crippen molar-refractivity contribution in [3.63, 3.8) is 0 Å². The molecule has 19 nitrogen and oxygen atoms in total. The highest BCUT2D eigenvalue weighted by Gasteiger charge is 2.28. The highest BCUT2D eigenvalue weighted by atomic mass is 35.5. The Morgan fingerprint density at radius 2 is 1.42 bits per heavy atom. The molecule has 69 heavy (non-hydrogen) atoms. The lowest BCUT2D eigenvalue weighted by atomic mass is 9.97. The second kappa shape index (κ2) is 26.0. The van der Waals surface area contributed by atoms with E-state index < -0.39 is 54.3 Å². The second-order valence-corrected chi connectivity index (χ2v) is 18.6. The molecule has 0 aliphatic carbocycles. The number of nitrogens with two attached hydrogens (primary N) is 1. The van der Waals surface area contributed by atoms with Gasteiger partial charge in [0.15, 0.2) is 6.10 Å². The zero-order valence-electron chi connectivity index (χ0n) is 39.8. The first-order valence-corrected chi connectivity index (χ1v) is 23.4. The summed E-state index contributed by atoms with van der Waals surface area (Å²) >= 11 is 7.21. The first-order chi connectivity index (χ1) is 32.7. The number of nitrogens with one attached hydrogen (secondary N) is 4. The molecule has 2 aromatic heterocycles. The molecule has 0 radical (unpaired) electrons. The molecule has 21 heteroatoms. The van der Waals surface area contributed by atoms with E-state index >= 15 is 0 Å². The number of carbonyl (C=O) groups is 5. The number of nitriles is 2. The van der Waals surface area contributed by atoms with E-state index in [9.17, 15) is 34.5 Å². The van der Waals surface area contributed by atoms with E-state index in [1.54, 1.807) is 90.2 Å². The number of carbonyl (C=O) groups excluding carboxylic acids is 5. The van der Waals surface area contributed by atoms with Gasteiger partial charge in [0.1, 0.15) is 65.4 Å². The minimum absolute atomic E-state index is 0.000582. The zero-order valence-corrected chi connectivity index (χ0v) is 41.3. The summed E-state index contributed by atoms with van der Waals surface area (Å²) in [7, 11) is 1.66. The molecule has 0 aliphatic rings. The van der Waals surface area contributed by atoms with Crippen LogP contribution in [-0.2, 0) is 39.1 Å². The number of hydrogen-bond donors (Lipinski definition) is 5. The number of oxazole rings is 1. The number of amides is 3. The molecular formula is C48H58ClN9O10S. The van der Waals surface area contributed by atoms with Gasteiger partial charge in [-0.2, -0.15) is 10.5 Å². The number of pyridine rings is 1. The first-order valence-electron chi connectivity index (χ1n) is 22.0. The topological polar surface area (TPSA) is 283 Å². The van der Waals surface area contributed by atoms with Crippen molar-refractivity contribution in [2.24, 2.45) is 11.8 Å². The standard InChI is InChI=1S/C48H58ClN9O10S/c1-27(2)40(53-8)43(61)54-20-18-38(60)67-34(25-65-37(59)17-19-55-44(62)41(28(3)4)57-47(63)68-48(5,6)7)24-64-33-15-11-29(12-16-33)39-35(21-50)42(52)58-46(36(39)22-51)69-26-32-23-66-45(56-32)30-9-13-31(49)14-10-30/h9-16,23,27-28,34,40-41,53H,17-20,24-26H2,1-8H3,(H2,52,58)(H,54,61)(H,55,62)(H,57,63). The van der Waals surface area contributed by atoms with Crippen LogP contribution in [0.1, 0.15) is 78.1 Å². The smallest absolute Gasteiger partial charge is 0.408 e. The van der Waals surface area contributed by atoms with Crippen LogP contribution in [0.4, 0.5) is 10.6 Å². The molecule has 0 aliphatic heterocycles. The van der Waals surface area contributed by atoms with Crippen molar-refractivity contribution in [2.45, 2.75) is 95.9 Å². The van der Waals surface area contributed by atoms with E-state index in [4.69, 9.17) is 40.7 Å². The van der Waals surface area contributed by atoms with Gasteiger partial charge < -0.3 is 50.4 Å². The van der Waals surface area contributed by atoms with Crippen molar-refractivity contribution in [1.29, 1.82) is 10.5 Å². The molecule has 0 fully saturated rings. The quantitative estimate of drug-likeness (QED) is 0.0309. The van der Waals surface area contributed by atoms with Gasteiger partial charge in [0, 0.05) is 35.0 Å². The molecular weight excluding hydrogens is 930 g/mol. The van der Waals surface area contributed by atoms with E-state index in [1.165, 1.54) is 18.0 Å². The third kappa shape index (κ3) is 17.0. The third-order valence-electron chi connectivity index (χ3n) is 9.86. The van der Waals surface area contributed by atoms with Crippen molar-refractivity contribution < 1.29 is 47.3 Å². The predicted octanol–water partition coefficient (Wildman–Crippen LogP) is 6.31. The van der Waals surface area contributed by atoms with Crippen LogP contribution >= 0.6 is 23.4 Å². The number of nitrogens with zero attached hydrogens (tertiary/aromatic N) is 4. The molecule has 0 spiro atoms. The van der Waals surface area contributed by atoms with Crippen LogP contribution in [0.5, 0.6) is 5.75 Å². The Morgan fingerprint density at radius 1 is 0.826 bits per heavy atom. The fourth-order valence-electron chi connectivity index (χ4n) is 6.49. The lowest BCUT2D eigenvalue weighted by molar-refractivity contribution is -0.160. The SMILES string of the molecule is CNC(C(=O)NCCC(=O)OC(COC(=O)CCNC(=O)C(NC(=O)OC(C)(C)C)C(C)C)COc1ccc(-c2c(C#N)c(N)nc(SCc3coc(-c4ccc(Cl)cc4)n3)c2C#N)cc1)C(C)C. The highest BCUT2D eigenvalue weighted by molar-refractivity contribution is 7.98. The van der Waals surface area contributed by atoms with Gasteiger partial charge in [-0.1, -0.05) is 63.2 Å². The summed E-state index contributed by atoms with van der Waals surface area (Å²) in [6.45, 7) is 11.5. The van der Waals surface area contributed by atoms with Crippen LogP contribution in [0.25, 0.3) is 22.6 Å². The number of alkyl carbamates (subject to hydrolysis) is 1. The van der Waals surface area contributed by atoms with Crippen molar-refractivity contribution in [1.82, 2.24) is 31.2 Å². The van der Waals surface area contributed by atoms with Gasteiger partial charge >= 0.3 is 18.0 Å². The molecule has 3 amide bonds. The van der Waals surface area contributed by atoms with Gasteiger partial charge in [-0.25, -0.2) is 14.8 Å². The summed E-state index contributed by atoms with van der Waals surface area (Å²) in [6.07, 6.45) is -0.816. The van der Waals surface area contributed by atoms with Gasteiger partial charge in [-0.15, -0.1) is 0 Å². The molecule has 2 heterocycles. The number of esters is 2. The second-order valence-electron chi connectivity index (χ2n) is 17.2. The predicted molar refractivity (Wildman–Crippen MR) is 257 cm³/mol. The highest BCUT2D eigenvalue weighted by Crippen LogP contribution is 2.37. The Bertz CT molecular complexity index is 2500. The lowest BCUT2D eigenvalue weighted by Gasteiger charge is -2.25. The largest absolute Gasteiger partial charge is 0.490 e. The summed E-state index contributed by atoms with van der Waals surface area (Å²) in [5.41, 5.74) is 7.64. The molecule has 6 N–H and O–H groups in total. The monoisotopic (exact) mass is 987 g/mol. The molecule has 0 bridgehead atoms. The first kappa shape index (κ1) is 54.7. The molecule has 3 atom stereocenters. The summed E-state index contributed by atoms with van der Waals surface area (Å²) < 4.78 is 28.0. The van der Waals surface area contributed by atoms with Gasteiger partial charge in [0.2, 0.25) is 17.7 Å². The number of ether oxygens (including phenoxy) is 4. The van der Waals surface area contributed by atoms with Crippen LogP contribution in [0.3, 0.4) is 0 Å². The van der Waals surface area contributed by atoms with E-state index in [0.717, 1.165) is 5.56 Å². The Morgan fingerprint density at radius 3 is 2.00 bits per heavy atom. The minimum Gasteiger partial charge on any atom is -0.490 e. The molecule has 0 saturated carbocycles. The van der Waals surface area contributed by atoms with Crippen molar-refractivity contribution in [2.75, 3.05) is 39.1 Å². The molecule has 4 rings (SSSR count). The molecule has 368 valence electrons. The number of likely N-dealkylation sites (N-methyl/N-ethyl adjacent to an activating group) is 1. The normalized spacial score (nSPS) is 12.5. The molecule has 3 unspecified atom stereocenters.